The fraction of sp³-hybridized carbons (Fsp3) is 0.545. The van der Waals surface area contributed by atoms with Gasteiger partial charge in [-0.1, -0.05) is 0 Å². The SMILES string of the molecule is C=Nc1cc(C(=O)N2CCCC(CO)C2)n[nH]1. The highest BCUT2D eigenvalue weighted by atomic mass is 16.3. The Balaban J connectivity index is 2.06. The summed E-state index contributed by atoms with van der Waals surface area (Å²) < 4.78 is 0. The smallest absolute Gasteiger partial charge is 0.274 e. The number of nitrogens with zero attached hydrogens (tertiary/aromatic N) is 3. The molecule has 0 spiro atoms. The second kappa shape index (κ2) is 5.09. The number of rotatable bonds is 3. The second-order valence-corrected chi connectivity index (χ2v) is 4.24. The average Bonchev–Trinajstić information content (AvgIpc) is 2.86. The maximum absolute atomic E-state index is 12.1. The monoisotopic (exact) mass is 236 g/mol. The van der Waals surface area contributed by atoms with Gasteiger partial charge in [0.05, 0.1) is 0 Å². The lowest BCUT2D eigenvalue weighted by Gasteiger charge is -2.31. The number of carbonyl (C=O) groups is 1. The maximum Gasteiger partial charge on any atom is 0.274 e. The van der Waals surface area contributed by atoms with E-state index >= 15 is 0 Å². The third-order valence-corrected chi connectivity index (χ3v) is 3.02. The number of aliphatic imine (C=N–C) groups is 1. The van der Waals surface area contributed by atoms with Crippen molar-refractivity contribution in [3.05, 3.63) is 11.8 Å². The van der Waals surface area contributed by atoms with E-state index in [-0.39, 0.29) is 18.4 Å². The number of H-pyrrole nitrogens is 1. The molecule has 1 aliphatic heterocycles. The molecule has 1 aromatic rings. The lowest BCUT2D eigenvalue weighted by atomic mass is 9.99. The molecule has 1 aromatic heterocycles. The second-order valence-electron chi connectivity index (χ2n) is 4.24. The van der Waals surface area contributed by atoms with Crippen molar-refractivity contribution in [1.29, 1.82) is 0 Å². The van der Waals surface area contributed by atoms with Crippen molar-refractivity contribution < 1.29 is 9.90 Å². The van der Waals surface area contributed by atoms with Gasteiger partial charge in [0.25, 0.3) is 5.91 Å². The first-order valence-corrected chi connectivity index (χ1v) is 5.67. The number of nitrogens with one attached hydrogen (secondary N) is 1. The Morgan fingerprint density at radius 2 is 2.59 bits per heavy atom. The minimum atomic E-state index is -0.116. The molecule has 2 N–H and O–H groups in total. The zero-order valence-corrected chi connectivity index (χ0v) is 9.59. The van der Waals surface area contributed by atoms with Crippen LogP contribution in [0.25, 0.3) is 0 Å². The average molecular weight is 236 g/mol. The van der Waals surface area contributed by atoms with Crippen LogP contribution in [0.4, 0.5) is 5.82 Å². The molecule has 0 saturated carbocycles. The summed E-state index contributed by atoms with van der Waals surface area (Å²) in [6, 6.07) is 1.58. The third kappa shape index (κ3) is 2.52. The van der Waals surface area contributed by atoms with Gasteiger partial charge in [0.2, 0.25) is 0 Å². The zero-order chi connectivity index (χ0) is 12.3. The van der Waals surface area contributed by atoms with Crippen LogP contribution >= 0.6 is 0 Å². The fourth-order valence-electron chi connectivity index (χ4n) is 2.06. The van der Waals surface area contributed by atoms with Gasteiger partial charge in [-0.3, -0.25) is 9.89 Å². The van der Waals surface area contributed by atoms with Gasteiger partial charge in [-0.2, -0.15) is 5.10 Å². The number of aromatic amines is 1. The Kier molecular flexibility index (Phi) is 3.53. The Morgan fingerprint density at radius 1 is 1.76 bits per heavy atom. The van der Waals surface area contributed by atoms with Crippen molar-refractivity contribution in [2.24, 2.45) is 10.9 Å². The Labute approximate surface area is 99.4 Å². The van der Waals surface area contributed by atoms with E-state index in [1.165, 1.54) is 0 Å². The number of aliphatic hydroxyl groups excluding tert-OH is 1. The molecule has 1 amide bonds. The minimum absolute atomic E-state index is 0.116. The standard InChI is InChI=1S/C11H16N4O2/c1-12-10-5-9(13-14-10)11(17)15-4-2-3-8(6-15)7-16/h5,8,16H,1-4,6-7H2,(H,13,14). The molecule has 1 aliphatic rings. The van der Waals surface area contributed by atoms with Crippen LogP contribution in [-0.4, -0.2) is 52.5 Å². The molecule has 1 fully saturated rings. The maximum atomic E-state index is 12.1. The fourth-order valence-corrected chi connectivity index (χ4v) is 2.06. The van der Waals surface area contributed by atoms with Gasteiger partial charge in [0.15, 0.2) is 5.69 Å². The summed E-state index contributed by atoms with van der Waals surface area (Å²) in [6.45, 7) is 4.81. The van der Waals surface area contributed by atoms with Crippen LogP contribution in [0.2, 0.25) is 0 Å². The summed E-state index contributed by atoms with van der Waals surface area (Å²) in [4.78, 5) is 17.5. The van der Waals surface area contributed by atoms with Crippen LogP contribution in [-0.2, 0) is 0 Å². The predicted octanol–water partition coefficient (Wildman–Crippen LogP) is 0.586. The van der Waals surface area contributed by atoms with E-state index < -0.39 is 0 Å². The summed E-state index contributed by atoms with van der Waals surface area (Å²) in [5.41, 5.74) is 0.353. The van der Waals surface area contributed by atoms with Crippen molar-refractivity contribution >= 4 is 18.4 Å². The highest BCUT2D eigenvalue weighted by Crippen LogP contribution is 2.18. The Morgan fingerprint density at radius 3 is 3.24 bits per heavy atom. The van der Waals surface area contributed by atoms with E-state index in [2.05, 4.69) is 21.9 Å². The number of aliphatic hydroxyl groups is 1. The molecule has 17 heavy (non-hydrogen) atoms. The molecule has 6 heteroatoms. The van der Waals surface area contributed by atoms with E-state index in [4.69, 9.17) is 5.11 Å². The number of hydrogen-bond donors (Lipinski definition) is 2. The lowest BCUT2D eigenvalue weighted by molar-refractivity contribution is 0.0615. The molecular formula is C11H16N4O2. The molecule has 1 saturated heterocycles. The highest BCUT2D eigenvalue weighted by Gasteiger charge is 2.25. The minimum Gasteiger partial charge on any atom is -0.396 e. The van der Waals surface area contributed by atoms with Crippen molar-refractivity contribution in [3.63, 3.8) is 0 Å². The van der Waals surface area contributed by atoms with Gasteiger partial charge < -0.3 is 10.0 Å². The number of likely N-dealkylation sites (tertiary alicyclic amines) is 1. The van der Waals surface area contributed by atoms with Crippen LogP contribution in [0.1, 0.15) is 23.3 Å². The molecule has 0 aromatic carbocycles. The van der Waals surface area contributed by atoms with Gasteiger partial charge in [-0.05, 0) is 25.5 Å². The van der Waals surface area contributed by atoms with Crippen molar-refractivity contribution in [1.82, 2.24) is 15.1 Å². The van der Waals surface area contributed by atoms with Crippen LogP contribution in [0.15, 0.2) is 11.1 Å². The molecule has 2 rings (SSSR count). The quantitative estimate of drug-likeness (QED) is 0.753. The van der Waals surface area contributed by atoms with E-state index in [9.17, 15) is 4.79 Å². The highest BCUT2D eigenvalue weighted by molar-refractivity contribution is 5.93. The molecule has 1 unspecified atom stereocenters. The summed E-state index contributed by atoms with van der Waals surface area (Å²) in [7, 11) is 0. The van der Waals surface area contributed by atoms with E-state index in [0.717, 1.165) is 19.4 Å². The van der Waals surface area contributed by atoms with Crippen molar-refractivity contribution in [3.8, 4) is 0 Å². The summed E-state index contributed by atoms with van der Waals surface area (Å²) in [5, 5.41) is 15.6. The van der Waals surface area contributed by atoms with Gasteiger partial charge in [-0.15, -0.1) is 0 Å². The van der Waals surface area contributed by atoms with E-state index in [1.54, 1.807) is 11.0 Å². The molecule has 6 nitrogen and oxygen atoms in total. The molecule has 0 radical (unpaired) electrons. The lowest BCUT2D eigenvalue weighted by Crippen LogP contribution is -2.41. The molecule has 1 atom stereocenters. The number of amides is 1. The normalized spacial score (nSPS) is 20.3. The van der Waals surface area contributed by atoms with Crippen molar-refractivity contribution in [2.75, 3.05) is 19.7 Å². The van der Waals surface area contributed by atoms with Crippen LogP contribution in [0.3, 0.4) is 0 Å². The third-order valence-electron chi connectivity index (χ3n) is 3.02. The van der Waals surface area contributed by atoms with Crippen LogP contribution < -0.4 is 0 Å². The molecule has 0 aliphatic carbocycles. The van der Waals surface area contributed by atoms with Gasteiger partial charge in [0.1, 0.15) is 5.82 Å². The predicted molar refractivity (Wildman–Crippen MR) is 63.5 cm³/mol. The first-order valence-electron chi connectivity index (χ1n) is 5.67. The molecule has 0 bridgehead atoms. The molecule has 92 valence electrons. The van der Waals surface area contributed by atoms with Gasteiger partial charge >= 0.3 is 0 Å². The zero-order valence-electron chi connectivity index (χ0n) is 9.59. The summed E-state index contributed by atoms with van der Waals surface area (Å²) >= 11 is 0. The number of carbonyl (C=O) groups excluding carboxylic acids is 1. The summed E-state index contributed by atoms with van der Waals surface area (Å²) in [5.74, 6) is 0.557. The van der Waals surface area contributed by atoms with Gasteiger partial charge in [0, 0.05) is 25.8 Å². The van der Waals surface area contributed by atoms with E-state index in [0.29, 0.717) is 18.1 Å². The first kappa shape index (κ1) is 11.8. The molecule has 2 heterocycles. The number of aromatic nitrogens is 2. The topological polar surface area (TPSA) is 81.6 Å². The summed E-state index contributed by atoms with van der Waals surface area (Å²) in [6.07, 6.45) is 1.90. The number of hydrogen-bond acceptors (Lipinski definition) is 4. The van der Waals surface area contributed by atoms with E-state index in [1.807, 2.05) is 0 Å². The Hall–Kier alpha value is -1.69. The van der Waals surface area contributed by atoms with Crippen molar-refractivity contribution in [2.45, 2.75) is 12.8 Å². The van der Waals surface area contributed by atoms with Gasteiger partial charge in [-0.25, -0.2) is 4.99 Å². The Bertz CT molecular complexity index is 415. The van der Waals surface area contributed by atoms with Crippen LogP contribution in [0.5, 0.6) is 0 Å². The van der Waals surface area contributed by atoms with Crippen LogP contribution in [0, 0.1) is 5.92 Å². The largest absolute Gasteiger partial charge is 0.396 e. The first-order chi connectivity index (χ1) is 8.24. The molecular weight excluding hydrogens is 220 g/mol. The number of piperidine rings is 1.